The normalized spacial score (nSPS) is 19.2. The maximum atomic E-state index is 13.2. The average Bonchev–Trinajstić information content (AvgIpc) is 2.54. The van der Waals surface area contributed by atoms with Gasteiger partial charge < -0.3 is 5.73 Å². The average molecular weight is 370 g/mol. The summed E-state index contributed by atoms with van der Waals surface area (Å²) in [4.78, 5) is 4.69. The molecule has 1 atom stereocenters. The van der Waals surface area contributed by atoms with Gasteiger partial charge in [-0.3, -0.25) is 4.98 Å². The quantitative estimate of drug-likeness (QED) is 0.898. The number of nitrogens with two attached hydrogens (primary N) is 1. The molecule has 1 fully saturated rings. The number of benzene rings is 1. The van der Waals surface area contributed by atoms with E-state index in [1.807, 2.05) is 19.1 Å². The zero-order chi connectivity index (χ0) is 16.4. The highest BCUT2D eigenvalue weighted by Crippen LogP contribution is 2.30. The smallest absolute Gasteiger partial charge is 0.245 e. The molecule has 1 unspecified atom stereocenters. The van der Waals surface area contributed by atoms with Crippen LogP contribution >= 0.6 is 12.4 Å². The van der Waals surface area contributed by atoms with Gasteiger partial charge in [-0.05, 0) is 50.4 Å². The molecule has 2 aromatic rings. The first-order valence-corrected chi connectivity index (χ1v) is 9.55. The number of fused-ring (bicyclic) bond motifs is 1. The van der Waals surface area contributed by atoms with Crippen molar-refractivity contribution in [2.45, 2.75) is 43.5 Å². The Labute approximate surface area is 149 Å². The van der Waals surface area contributed by atoms with Gasteiger partial charge in [0, 0.05) is 24.2 Å². The van der Waals surface area contributed by atoms with Crippen molar-refractivity contribution in [3.63, 3.8) is 0 Å². The minimum Gasteiger partial charge on any atom is -0.330 e. The van der Waals surface area contributed by atoms with E-state index in [1.165, 1.54) is 0 Å². The number of piperidine rings is 1. The van der Waals surface area contributed by atoms with E-state index in [9.17, 15) is 8.42 Å². The van der Waals surface area contributed by atoms with Gasteiger partial charge in [0.15, 0.2) is 0 Å². The fourth-order valence-electron chi connectivity index (χ4n) is 3.35. The molecule has 2 N–H and O–H groups in total. The van der Waals surface area contributed by atoms with Crippen LogP contribution in [0, 0.1) is 6.92 Å². The maximum Gasteiger partial charge on any atom is 0.245 e. The van der Waals surface area contributed by atoms with Gasteiger partial charge in [-0.1, -0.05) is 18.6 Å². The third kappa shape index (κ3) is 3.57. The van der Waals surface area contributed by atoms with Crippen molar-refractivity contribution in [3.05, 3.63) is 36.0 Å². The Balaban J connectivity index is 0.00000208. The van der Waals surface area contributed by atoms with Crippen molar-refractivity contribution in [2.75, 3.05) is 13.1 Å². The van der Waals surface area contributed by atoms with Crippen molar-refractivity contribution in [1.82, 2.24) is 9.29 Å². The van der Waals surface area contributed by atoms with E-state index in [-0.39, 0.29) is 18.4 Å². The number of para-hydroxylation sites is 1. The first-order valence-electron chi connectivity index (χ1n) is 8.11. The number of halogens is 1. The summed E-state index contributed by atoms with van der Waals surface area (Å²) in [6.45, 7) is 3.02. The van der Waals surface area contributed by atoms with Crippen molar-refractivity contribution < 1.29 is 8.42 Å². The number of sulfonamides is 1. The SMILES string of the molecule is Cc1cnc2c(S(=O)(=O)N3CCCCC3CCN)cccc2c1.Cl. The number of nitrogens with zero attached hydrogens (tertiary/aromatic N) is 2. The molecular weight excluding hydrogens is 346 g/mol. The molecule has 1 aromatic carbocycles. The molecule has 1 aromatic heterocycles. The van der Waals surface area contributed by atoms with E-state index in [4.69, 9.17) is 5.73 Å². The Morgan fingerprint density at radius 3 is 2.88 bits per heavy atom. The van der Waals surface area contributed by atoms with Crippen molar-refractivity contribution in [1.29, 1.82) is 0 Å². The van der Waals surface area contributed by atoms with Crippen LogP contribution in [-0.2, 0) is 10.0 Å². The predicted octanol–water partition coefficient (Wildman–Crippen LogP) is 2.86. The molecule has 5 nitrogen and oxygen atoms in total. The summed E-state index contributed by atoms with van der Waals surface area (Å²) in [6, 6.07) is 7.32. The third-order valence-electron chi connectivity index (χ3n) is 4.47. The van der Waals surface area contributed by atoms with Gasteiger partial charge in [0.2, 0.25) is 10.0 Å². The van der Waals surface area contributed by atoms with E-state index in [1.54, 1.807) is 22.6 Å². The lowest BCUT2D eigenvalue weighted by Crippen LogP contribution is -2.44. The van der Waals surface area contributed by atoms with Crippen LogP contribution in [0.5, 0.6) is 0 Å². The summed E-state index contributed by atoms with van der Waals surface area (Å²) in [7, 11) is -3.56. The molecule has 0 radical (unpaired) electrons. The molecule has 1 saturated heterocycles. The van der Waals surface area contributed by atoms with Crippen molar-refractivity contribution >= 4 is 33.3 Å². The highest BCUT2D eigenvalue weighted by Gasteiger charge is 2.34. The van der Waals surface area contributed by atoms with Gasteiger partial charge in [-0.2, -0.15) is 4.31 Å². The molecule has 0 bridgehead atoms. The number of aryl methyl sites for hydroxylation is 1. The molecular formula is C17H24ClN3O2S. The standard InChI is InChI=1S/C17H23N3O2S.ClH/c1-13-11-14-5-4-7-16(17(14)19-12-13)23(21,22)20-10-3-2-6-15(20)8-9-18;/h4-5,7,11-12,15H,2-3,6,8-10,18H2,1H3;1H. The Morgan fingerprint density at radius 1 is 1.33 bits per heavy atom. The molecule has 0 aliphatic carbocycles. The van der Waals surface area contributed by atoms with Crippen LogP contribution in [0.1, 0.15) is 31.2 Å². The number of hydrogen-bond acceptors (Lipinski definition) is 4. The topological polar surface area (TPSA) is 76.3 Å². The molecule has 1 aliphatic heterocycles. The minimum absolute atomic E-state index is 0. The Morgan fingerprint density at radius 2 is 2.12 bits per heavy atom. The van der Waals surface area contributed by atoms with Gasteiger partial charge in [-0.25, -0.2) is 8.42 Å². The molecule has 1 aliphatic rings. The molecule has 0 saturated carbocycles. The summed E-state index contributed by atoms with van der Waals surface area (Å²) in [5.41, 5.74) is 7.25. The second-order valence-corrected chi connectivity index (χ2v) is 8.04. The first kappa shape index (κ1) is 19.1. The zero-order valence-corrected chi connectivity index (χ0v) is 15.4. The van der Waals surface area contributed by atoms with Crippen LogP contribution in [0.15, 0.2) is 35.4 Å². The van der Waals surface area contributed by atoms with Crippen LogP contribution in [0.2, 0.25) is 0 Å². The van der Waals surface area contributed by atoms with Gasteiger partial charge in [-0.15, -0.1) is 12.4 Å². The molecule has 24 heavy (non-hydrogen) atoms. The lowest BCUT2D eigenvalue weighted by molar-refractivity contribution is 0.243. The van der Waals surface area contributed by atoms with Crippen molar-refractivity contribution in [3.8, 4) is 0 Å². The molecule has 3 rings (SSSR count). The molecule has 132 valence electrons. The monoisotopic (exact) mass is 369 g/mol. The summed E-state index contributed by atoms with van der Waals surface area (Å²) in [5, 5.41) is 0.860. The van der Waals surface area contributed by atoms with E-state index < -0.39 is 10.0 Å². The number of aromatic nitrogens is 1. The van der Waals surface area contributed by atoms with Crippen LogP contribution in [0.3, 0.4) is 0 Å². The number of rotatable bonds is 4. The van der Waals surface area contributed by atoms with Crippen LogP contribution < -0.4 is 5.73 Å². The minimum atomic E-state index is -3.56. The Hall–Kier alpha value is -1.21. The summed E-state index contributed by atoms with van der Waals surface area (Å²) in [6.07, 6.45) is 5.26. The Bertz CT molecular complexity index is 809. The fraction of sp³-hybridized carbons (Fsp3) is 0.471. The van der Waals surface area contributed by atoms with Crippen molar-refractivity contribution in [2.24, 2.45) is 5.73 Å². The molecule has 0 spiro atoms. The summed E-state index contributed by atoms with van der Waals surface area (Å²) < 4.78 is 28.1. The van der Waals surface area contributed by atoms with E-state index in [0.29, 0.717) is 29.9 Å². The summed E-state index contributed by atoms with van der Waals surface area (Å²) >= 11 is 0. The van der Waals surface area contributed by atoms with Gasteiger partial charge >= 0.3 is 0 Å². The largest absolute Gasteiger partial charge is 0.330 e. The molecule has 7 heteroatoms. The molecule has 2 heterocycles. The third-order valence-corrected chi connectivity index (χ3v) is 6.45. The molecule has 0 amide bonds. The van der Waals surface area contributed by atoms with Gasteiger partial charge in [0.25, 0.3) is 0 Å². The van der Waals surface area contributed by atoms with E-state index >= 15 is 0 Å². The van der Waals surface area contributed by atoms with Crippen LogP contribution in [0.4, 0.5) is 0 Å². The van der Waals surface area contributed by atoms with Crippen LogP contribution in [-0.4, -0.2) is 36.8 Å². The fourth-order valence-corrected chi connectivity index (χ4v) is 5.24. The first-order chi connectivity index (χ1) is 11.0. The number of pyridine rings is 1. The van der Waals surface area contributed by atoms with Gasteiger partial charge in [0.1, 0.15) is 4.90 Å². The van der Waals surface area contributed by atoms with E-state index in [2.05, 4.69) is 4.98 Å². The Kier molecular flexibility index (Phi) is 6.20. The second-order valence-electron chi connectivity index (χ2n) is 6.18. The summed E-state index contributed by atoms with van der Waals surface area (Å²) in [5.74, 6) is 0. The van der Waals surface area contributed by atoms with Gasteiger partial charge in [0.05, 0.1) is 5.52 Å². The lowest BCUT2D eigenvalue weighted by Gasteiger charge is -2.34. The zero-order valence-electron chi connectivity index (χ0n) is 13.8. The second kappa shape index (κ2) is 7.78. The predicted molar refractivity (Wildman–Crippen MR) is 98.9 cm³/mol. The highest BCUT2D eigenvalue weighted by molar-refractivity contribution is 7.89. The maximum absolute atomic E-state index is 13.2. The number of hydrogen-bond donors (Lipinski definition) is 1. The van der Waals surface area contributed by atoms with E-state index in [0.717, 1.165) is 30.2 Å². The lowest BCUT2D eigenvalue weighted by atomic mass is 10.0. The van der Waals surface area contributed by atoms with Crippen LogP contribution in [0.25, 0.3) is 10.9 Å². The highest BCUT2D eigenvalue weighted by atomic mass is 35.5.